The lowest BCUT2D eigenvalue weighted by molar-refractivity contribution is -0.133. The SMILES string of the molecule is COC(=O)C#Cc1ccc2c(c1)C(=O)OC2. The minimum Gasteiger partial charge on any atom is -0.459 e. The third-order valence-corrected chi connectivity index (χ3v) is 2.18. The minimum atomic E-state index is -0.608. The van der Waals surface area contributed by atoms with Gasteiger partial charge in [-0.15, -0.1) is 0 Å². The molecule has 4 nitrogen and oxygen atoms in total. The number of hydrogen-bond donors (Lipinski definition) is 0. The summed E-state index contributed by atoms with van der Waals surface area (Å²) < 4.78 is 9.23. The number of ether oxygens (including phenoxy) is 2. The molecule has 0 unspecified atom stereocenters. The predicted octanol–water partition coefficient (Wildman–Crippen LogP) is 0.881. The van der Waals surface area contributed by atoms with Gasteiger partial charge in [0.05, 0.1) is 12.7 Å². The number of hydrogen-bond acceptors (Lipinski definition) is 4. The van der Waals surface area contributed by atoms with E-state index in [1.54, 1.807) is 18.2 Å². The second-order valence-corrected chi connectivity index (χ2v) is 3.19. The molecule has 0 N–H and O–H groups in total. The fraction of sp³-hybridized carbons (Fsp3) is 0.167. The maximum Gasteiger partial charge on any atom is 0.384 e. The summed E-state index contributed by atoms with van der Waals surface area (Å²) in [7, 11) is 1.26. The highest BCUT2D eigenvalue weighted by molar-refractivity contribution is 5.94. The Kier molecular flexibility index (Phi) is 2.61. The van der Waals surface area contributed by atoms with Crippen LogP contribution in [0.15, 0.2) is 18.2 Å². The van der Waals surface area contributed by atoms with E-state index >= 15 is 0 Å². The van der Waals surface area contributed by atoms with Crippen molar-refractivity contribution >= 4 is 11.9 Å². The summed E-state index contributed by atoms with van der Waals surface area (Å²) in [6, 6.07) is 5.11. The van der Waals surface area contributed by atoms with E-state index in [0.29, 0.717) is 17.7 Å². The molecule has 1 aliphatic heterocycles. The van der Waals surface area contributed by atoms with E-state index in [1.807, 2.05) is 0 Å². The van der Waals surface area contributed by atoms with E-state index in [2.05, 4.69) is 16.6 Å². The van der Waals surface area contributed by atoms with Crippen molar-refractivity contribution in [3.8, 4) is 11.8 Å². The van der Waals surface area contributed by atoms with Gasteiger partial charge >= 0.3 is 11.9 Å². The van der Waals surface area contributed by atoms with E-state index in [0.717, 1.165) is 5.56 Å². The van der Waals surface area contributed by atoms with Crippen LogP contribution < -0.4 is 0 Å². The third kappa shape index (κ3) is 1.89. The summed E-state index contributed by atoms with van der Waals surface area (Å²) in [4.78, 5) is 22.0. The standard InChI is InChI=1S/C12H8O4/c1-15-11(13)5-3-8-2-4-9-7-16-12(14)10(9)6-8/h2,4,6H,7H2,1H3. The molecule has 1 heterocycles. The number of methoxy groups -OCH3 is 1. The fourth-order valence-corrected chi connectivity index (χ4v) is 1.37. The van der Waals surface area contributed by atoms with Crippen LogP contribution in [-0.4, -0.2) is 19.0 Å². The molecule has 2 rings (SSSR count). The lowest BCUT2D eigenvalue weighted by Gasteiger charge is -1.94. The molecule has 0 radical (unpaired) electrons. The first-order valence-corrected chi connectivity index (χ1v) is 4.61. The Morgan fingerprint density at radius 3 is 3.06 bits per heavy atom. The van der Waals surface area contributed by atoms with Gasteiger partial charge in [-0.2, -0.15) is 0 Å². The van der Waals surface area contributed by atoms with E-state index < -0.39 is 5.97 Å². The first-order valence-electron chi connectivity index (χ1n) is 4.61. The average Bonchev–Trinajstić information content (AvgIpc) is 2.68. The van der Waals surface area contributed by atoms with Crippen molar-refractivity contribution in [2.24, 2.45) is 0 Å². The van der Waals surface area contributed by atoms with Crippen LogP contribution in [-0.2, 0) is 20.9 Å². The number of benzene rings is 1. The Morgan fingerprint density at radius 1 is 1.50 bits per heavy atom. The average molecular weight is 216 g/mol. The summed E-state index contributed by atoms with van der Waals surface area (Å²) in [5.74, 6) is 3.95. The zero-order valence-electron chi connectivity index (χ0n) is 8.57. The second-order valence-electron chi connectivity index (χ2n) is 3.19. The monoisotopic (exact) mass is 216 g/mol. The molecule has 1 aromatic rings. The normalized spacial score (nSPS) is 12.2. The first kappa shape index (κ1) is 10.2. The first-order chi connectivity index (χ1) is 7.70. The molecule has 1 aliphatic rings. The summed E-state index contributed by atoms with van der Waals surface area (Å²) >= 11 is 0. The van der Waals surface area contributed by atoms with Crippen LogP contribution >= 0.6 is 0 Å². The van der Waals surface area contributed by atoms with Gasteiger partial charge in [0, 0.05) is 17.0 Å². The highest BCUT2D eigenvalue weighted by Gasteiger charge is 2.20. The molecule has 1 aromatic carbocycles. The number of carbonyl (C=O) groups excluding carboxylic acids is 2. The number of rotatable bonds is 0. The fourth-order valence-electron chi connectivity index (χ4n) is 1.37. The zero-order valence-corrected chi connectivity index (χ0v) is 8.57. The van der Waals surface area contributed by atoms with Crippen LogP contribution in [0.3, 0.4) is 0 Å². The molecule has 0 saturated heterocycles. The second kappa shape index (κ2) is 4.07. The Bertz CT molecular complexity index is 520. The molecule has 4 heteroatoms. The van der Waals surface area contributed by atoms with Crippen molar-refractivity contribution in [3.05, 3.63) is 34.9 Å². The smallest absolute Gasteiger partial charge is 0.384 e. The molecule has 0 bridgehead atoms. The van der Waals surface area contributed by atoms with E-state index in [-0.39, 0.29) is 5.97 Å². The molecule has 80 valence electrons. The predicted molar refractivity (Wildman–Crippen MR) is 54.5 cm³/mol. The molecule has 0 aromatic heterocycles. The van der Waals surface area contributed by atoms with Crippen LogP contribution in [0.5, 0.6) is 0 Å². The van der Waals surface area contributed by atoms with Gasteiger partial charge in [-0.05, 0) is 12.1 Å². The van der Waals surface area contributed by atoms with E-state index in [9.17, 15) is 9.59 Å². The van der Waals surface area contributed by atoms with Crippen LogP contribution in [0, 0.1) is 11.8 Å². The summed E-state index contributed by atoms with van der Waals surface area (Å²) in [5.41, 5.74) is 1.94. The lowest BCUT2D eigenvalue weighted by Crippen LogP contribution is -1.96. The van der Waals surface area contributed by atoms with Gasteiger partial charge in [0.1, 0.15) is 6.61 Å². The summed E-state index contributed by atoms with van der Waals surface area (Å²) in [6.07, 6.45) is 0. The number of esters is 2. The third-order valence-electron chi connectivity index (χ3n) is 2.18. The van der Waals surface area contributed by atoms with Gasteiger partial charge in [-0.3, -0.25) is 0 Å². The Balaban J connectivity index is 2.30. The lowest BCUT2D eigenvalue weighted by atomic mass is 10.1. The molecule has 0 amide bonds. The van der Waals surface area contributed by atoms with E-state index in [4.69, 9.17) is 4.74 Å². The Labute approximate surface area is 92.2 Å². The van der Waals surface area contributed by atoms with Crippen molar-refractivity contribution in [2.45, 2.75) is 6.61 Å². The number of fused-ring (bicyclic) bond motifs is 1. The molecule has 0 saturated carbocycles. The largest absolute Gasteiger partial charge is 0.459 e. The van der Waals surface area contributed by atoms with Crippen molar-refractivity contribution in [1.29, 1.82) is 0 Å². The van der Waals surface area contributed by atoms with Crippen LogP contribution in [0.4, 0.5) is 0 Å². The summed E-state index contributed by atoms with van der Waals surface area (Å²) in [5, 5.41) is 0. The number of cyclic esters (lactones) is 1. The van der Waals surface area contributed by atoms with Gasteiger partial charge in [0.25, 0.3) is 0 Å². The van der Waals surface area contributed by atoms with Gasteiger partial charge < -0.3 is 9.47 Å². The molecular formula is C12H8O4. The van der Waals surface area contributed by atoms with Crippen molar-refractivity contribution in [1.82, 2.24) is 0 Å². The topological polar surface area (TPSA) is 52.6 Å². The molecule has 0 atom stereocenters. The number of carbonyl (C=O) groups is 2. The van der Waals surface area contributed by atoms with Crippen molar-refractivity contribution in [3.63, 3.8) is 0 Å². The quantitative estimate of drug-likeness (QED) is 0.477. The molecular weight excluding hydrogens is 208 g/mol. The maximum atomic E-state index is 11.3. The maximum absolute atomic E-state index is 11.3. The molecule has 0 fully saturated rings. The molecule has 16 heavy (non-hydrogen) atoms. The highest BCUT2D eigenvalue weighted by Crippen LogP contribution is 2.20. The van der Waals surface area contributed by atoms with Gasteiger partial charge in [-0.25, -0.2) is 9.59 Å². The Hall–Kier alpha value is -2.28. The minimum absolute atomic E-state index is 0.304. The van der Waals surface area contributed by atoms with E-state index in [1.165, 1.54) is 7.11 Å². The van der Waals surface area contributed by atoms with Crippen molar-refractivity contribution < 1.29 is 19.1 Å². The summed E-state index contributed by atoms with van der Waals surface area (Å²) in [6.45, 7) is 0.304. The molecule has 0 spiro atoms. The van der Waals surface area contributed by atoms with Gasteiger partial charge in [0.15, 0.2) is 0 Å². The van der Waals surface area contributed by atoms with Gasteiger partial charge in [-0.1, -0.05) is 12.0 Å². The Morgan fingerprint density at radius 2 is 2.31 bits per heavy atom. The van der Waals surface area contributed by atoms with Crippen LogP contribution in [0.2, 0.25) is 0 Å². The van der Waals surface area contributed by atoms with Crippen LogP contribution in [0.1, 0.15) is 21.5 Å². The highest BCUT2D eigenvalue weighted by atomic mass is 16.5. The molecule has 0 aliphatic carbocycles. The van der Waals surface area contributed by atoms with Crippen LogP contribution in [0.25, 0.3) is 0 Å². The van der Waals surface area contributed by atoms with Crippen molar-refractivity contribution in [2.75, 3.05) is 7.11 Å². The zero-order chi connectivity index (χ0) is 11.5. The van der Waals surface area contributed by atoms with Gasteiger partial charge in [0.2, 0.25) is 0 Å².